The summed E-state index contributed by atoms with van der Waals surface area (Å²) in [5, 5.41) is 0.518. The number of aryl methyl sites for hydroxylation is 1. The monoisotopic (exact) mass is 235 g/mol. The molecular weight excluding hydrogens is 212 g/mol. The van der Waals surface area contributed by atoms with Crippen molar-refractivity contribution in [3.63, 3.8) is 0 Å². The lowest BCUT2D eigenvalue weighted by Crippen LogP contribution is -2.21. The molecule has 0 fully saturated rings. The van der Waals surface area contributed by atoms with Crippen LogP contribution in [0.25, 0.3) is 0 Å². The molecule has 0 unspecified atom stereocenters. The third-order valence-electron chi connectivity index (χ3n) is 3.55. The van der Waals surface area contributed by atoms with Crippen molar-refractivity contribution in [1.82, 2.24) is 0 Å². The van der Waals surface area contributed by atoms with E-state index in [9.17, 15) is 0 Å². The van der Waals surface area contributed by atoms with E-state index in [4.69, 9.17) is 4.74 Å². The molecule has 0 bridgehead atoms. The zero-order chi connectivity index (χ0) is 12.2. The van der Waals surface area contributed by atoms with Crippen LogP contribution in [0, 0.1) is 0 Å². The van der Waals surface area contributed by atoms with E-state index in [0.717, 1.165) is 5.75 Å². The molecule has 0 aliphatic rings. The van der Waals surface area contributed by atoms with Gasteiger partial charge in [-0.3, -0.25) is 0 Å². The molecule has 1 rings (SSSR count). The molecular formula is C14H23OSi. The molecule has 0 saturated carbocycles. The number of ether oxygens (including phenoxy) is 1. The molecule has 0 aliphatic carbocycles. The highest BCUT2D eigenvalue weighted by Crippen LogP contribution is 2.34. The summed E-state index contributed by atoms with van der Waals surface area (Å²) in [5.41, 5.74) is 1.41. The molecule has 0 aliphatic heterocycles. The Morgan fingerprint density at radius 2 is 1.69 bits per heavy atom. The van der Waals surface area contributed by atoms with Crippen LogP contribution in [-0.2, 0) is 6.42 Å². The van der Waals surface area contributed by atoms with Gasteiger partial charge in [0.05, 0.1) is 7.11 Å². The van der Waals surface area contributed by atoms with Crippen LogP contribution < -0.4 is 4.74 Å². The van der Waals surface area contributed by atoms with E-state index in [2.05, 4.69) is 39.1 Å². The van der Waals surface area contributed by atoms with Gasteiger partial charge in [0.25, 0.3) is 0 Å². The summed E-state index contributed by atoms with van der Waals surface area (Å²) in [6.07, 6.45) is 2.45. The van der Waals surface area contributed by atoms with Crippen LogP contribution in [0.3, 0.4) is 0 Å². The van der Waals surface area contributed by atoms with Crippen molar-refractivity contribution in [2.75, 3.05) is 7.11 Å². The molecule has 1 aromatic rings. The van der Waals surface area contributed by atoms with Gasteiger partial charge in [-0.25, -0.2) is 0 Å². The number of hydrogen-bond donors (Lipinski definition) is 0. The van der Waals surface area contributed by atoms with Crippen LogP contribution in [0.5, 0.6) is 5.75 Å². The first kappa shape index (κ1) is 13.3. The molecule has 1 nitrogen and oxygen atoms in total. The van der Waals surface area contributed by atoms with Gasteiger partial charge < -0.3 is 4.74 Å². The third kappa shape index (κ3) is 3.67. The van der Waals surface area contributed by atoms with E-state index in [1.54, 1.807) is 7.11 Å². The standard InChI is InChI=1S/C14H23OSi/c1-14(2,16(4)5)11-10-12-6-8-13(15-3)9-7-12/h6-9H,10-11H2,1-5H3. The molecule has 1 radical (unpaired) electrons. The fraction of sp³-hybridized carbons (Fsp3) is 0.571. The molecule has 1 aromatic carbocycles. The lowest BCUT2D eigenvalue weighted by atomic mass is 10.0. The van der Waals surface area contributed by atoms with Crippen LogP contribution in [0.2, 0.25) is 18.1 Å². The molecule has 0 saturated heterocycles. The van der Waals surface area contributed by atoms with Crippen molar-refractivity contribution in [3.05, 3.63) is 29.8 Å². The third-order valence-corrected chi connectivity index (χ3v) is 6.51. The summed E-state index contributed by atoms with van der Waals surface area (Å²) in [6, 6.07) is 8.44. The normalized spacial score (nSPS) is 11.9. The second-order valence-corrected chi connectivity index (χ2v) is 8.59. The quantitative estimate of drug-likeness (QED) is 0.696. The Balaban J connectivity index is 2.54. The Hall–Kier alpha value is -0.763. The van der Waals surface area contributed by atoms with Crippen molar-refractivity contribution in [1.29, 1.82) is 0 Å². The first-order valence-electron chi connectivity index (χ1n) is 5.89. The average molecular weight is 235 g/mol. The van der Waals surface area contributed by atoms with Crippen molar-refractivity contribution in [2.45, 2.75) is 44.8 Å². The molecule has 0 N–H and O–H groups in total. The van der Waals surface area contributed by atoms with Crippen molar-refractivity contribution in [3.8, 4) is 5.75 Å². The van der Waals surface area contributed by atoms with Crippen LogP contribution in [0.4, 0.5) is 0 Å². The maximum Gasteiger partial charge on any atom is 0.118 e. The highest BCUT2D eigenvalue weighted by Gasteiger charge is 2.22. The summed E-state index contributed by atoms with van der Waals surface area (Å²) in [5.74, 6) is 0.943. The van der Waals surface area contributed by atoms with Gasteiger partial charge in [0.2, 0.25) is 0 Å². The first-order chi connectivity index (χ1) is 7.45. The Morgan fingerprint density at radius 3 is 2.12 bits per heavy atom. The number of methoxy groups -OCH3 is 1. The average Bonchev–Trinajstić information content (AvgIpc) is 2.27. The lowest BCUT2D eigenvalue weighted by molar-refractivity contribution is 0.414. The van der Waals surface area contributed by atoms with Gasteiger partial charge in [0.15, 0.2) is 0 Å². The zero-order valence-corrected chi connectivity index (χ0v) is 12.1. The fourth-order valence-corrected chi connectivity index (χ4v) is 2.12. The highest BCUT2D eigenvalue weighted by molar-refractivity contribution is 6.59. The van der Waals surface area contributed by atoms with Crippen molar-refractivity contribution < 1.29 is 4.74 Å². The van der Waals surface area contributed by atoms with Crippen LogP contribution in [-0.4, -0.2) is 15.9 Å². The first-order valence-corrected chi connectivity index (χ1v) is 8.39. The molecule has 0 aromatic heterocycles. The molecule has 2 heteroatoms. The van der Waals surface area contributed by atoms with Gasteiger partial charge in [0, 0.05) is 8.80 Å². The topological polar surface area (TPSA) is 9.23 Å². The van der Waals surface area contributed by atoms with E-state index >= 15 is 0 Å². The predicted molar refractivity (Wildman–Crippen MR) is 72.8 cm³/mol. The fourth-order valence-electron chi connectivity index (χ4n) is 1.50. The smallest absolute Gasteiger partial charge is 0.118 e. The van der Waals surface area contributed by atoms with Crippen LogP contribution in [0.15, 0.2) is 24.3 Å². The van der Waals surface area contributed by atoms with E-state index in [-0.39, 0.29) is 8.80 Å². The van der Waals surface area contributed by atoms with E-state index in [0.29, 0.717) is 5.04 Å². The van der Waals surface area contributed by atoms with Crippen LogP contribution in [0.1, 0.15) is 25.8 Å². The molecule has 0 spiro atoms. The van der Waals surface area contributed by atoms with Gasteiger partial charge in [-0.05, 0) is 35.6 Å². The second-order valence-electron chi connectivity index (χ2n) is 5.23. The summed E-state index contributed by atoms with van der Waals surface area (Å²) < 4.78 is 5.16. The second kappa shape index (κ2) is 5.53. The van der Waals surface area contributed by atoms with Gasteiger partial charge in [0.1, 0.15) is 5.75 Å². The minimum Gasteiger partial charge on any atom is -0.497 e. The van der Waals surface area contributed by atoms with Gasteiger partial charge in [-0.15, -0.1) is 0 Å². The lowest BCUT2D eigenvalue weighted by Gasteiger charge is -2.28. The Bertz CT molecular complexity index is 314. The predicted octanol–water partition coefficient (Wildman–Crippen LogP) is 4.16. The highest BCUT2D eigenvalue weighted by atomic mass is 28.3. The minimum atomic E-state index is -0.218. The summed E-state index contributed by atoms with van der Waals surface area (Å²) in [6.45, 7) is 9.59. The van der Waals surface area contributed by atoms with E-state index < -0.39 is 0 Å². The number of benzene rings is 1. The van der Waals surface area contributed by atoms with Crippen molar-refractivity contribution >= 4 is 8.80 Å². The van der Waals surface area contributed by atoms with E-state index in [1.165, 1.54) is 18.4 Å². The van der Waals surface area contributed by atoms with E-state index in [1.807, 2.05) is 12.1 Å². The molecule has 89 valence electrons. The molecule has 0 atom stereocenters. The van der Waals surface area contributed by atoms with Gasteiger partial charge in [-0.1, -0.05) is 39.1 Å². The van der Waals surface area contributed by atoms with Gasteiger partial charge >= 0.3 is 0 Å². The Morgan fingerprint density at radius 1 is 1.12 bits per heavy atom. The SMILES string of the molecule is COc1ccc(CCC(C)(C)[Si](C)C)cc1. The summed E-state index contributed by atoms with van der Waals surface area (Å²) >= 11 is 0. The maximum absolute atomic E-state index is 5.16. The molecule has 16 heavy (non-hydrogen) atoms. The number of hydrogen-bond acceptors (Lipinski definition) is 1. The largest absolute Gasteiger partial charge is 0.497 e. The van der Waals surface area contributed by atoms with Crippen molar-refractivity contribution in [2.24, 2.45) is 0 Å². The Kier molecular flexibility index (Phi) is 4.60. The molecule has 0 heterocycles. The zero-order valence-electron chi connectivity index (χ0n) is 11.1. The Labute approximate surface area is 101 Å². The minimum absolute atomic E-state index is 0.218. The number of rotatable bonds is 5. The molecule has 0 amide bonds. The summed E-state index contributed by atoms with van der Waals surface area (Å²) in [4.78, 5) is 0. The summed E-state index contributed by atoms with van der Waals surface area (Å²) in [7, 11) is 1.49. The maximum atomic E-state index is 5.16. The van der Waals surface area contributed by atoms with Gasteiger partial charge in [-0.2, -0.15) is 0 Å². The van der Waals surface area contributed by atoms with Crippen LogP contribution >= 0.6 is 0 Å².